The number of hydrogen-bond donors (Lipinski definition) is 1. The lowest BCUT2D eigenvalue weighted by molar-refractivity contribution is -0.238. The van der Waals surface area contributed by atoms with Crippen LogP contribution in [0.3, 0.4) is 0 Å². The molecular weight excluding hydrogens is 439 g/mol. The number of aromatic nitrogens is 2. The molecule has 4 heterocycles. The monoisotopic (exact) mass is 457 g/mol. The highest BCUT2D eigenvalue weighted by Crippen LogP contribution is 2.41. The van der Waals surface area contributed by atoms with E-state index in [0.717, 1.165) is 16.5 Å². The first-order valence-electron chi connectivity index (χ1n) is 9.89. The number of phosphoric ester groups is 1. The van der Waals surface area contributed by atoms with Crippen molar-refractivity contribution in [3.8, 4) is 11.4 Å². The molecule has 1 unspecified atom stereocenters. The molecule has 166 valence electrons. The zero-order chi connectivity index (χ0) is 22.7. The van der Waals surface area contributed by atoms with E-state index in [0.29, 0.717) is 17.9 Å². The lowest BCUT2D eigenvalue weighted by Crippen LogP contribution is -2.46. The maximum absolute atomic E-state index is 13.3. The smallest absolute Gasteiger partial charge is 0.343 e. The Hall–Kier alpha value is -2.88. The van der Waals surface area contributed by atoms with Gasteiger partial charge >= 0.3 is 5.97 Å². The van der Waals surface area contributed by atoms with Crippen molar-refractivity contribution in [3.63, 3.8) is 0 Å². The number of rotatable bonds is 5. The number of nitrogens with zero attached hydrogens (tertiary/aromatic N) is 2. The predicted molar refractivity (Wildman–Crippen MR) is 109 cm³/mol. The summed E-state index contributed by atoms with van der Waals surface area (Å²) < 4.78 is 27.5. The minimum absolute atomic E-state index is 0.0394. The number of ether oxygens (including phenoxy) is 2. The minimum atomic E-state index is -5.07. The van der Waals surface area contributed by atoms with E-state index in [1.54, 1.807) is 17.6 Å². The van der Waals surface area contributed by atoms with Crippen LogP contribution in [0, 0.1) is 0 Å². The molecule has 32 heavy (non-hydrogen) atoms. The highest BCUT2D eigenvalue weighted by molar-refractivity contribution is 7.44. The van der Waals surface area contributed by atoms with Crippen LogP contribution in [-0.4, -0.2) is 27.2 Å². The first kappa shape index (κ1) is 21.0. The number of pyridine rings is 2. The van der Waals surface area contributed by atoms with E-state index >= 15 is 0 Å². The number of carbonyl (C=O) groups excluding carboxylic acids is 1. The zero-order valence-electron chi connectivity index (χ0n) is 16.9. The van der Waals surface area contributed by atoms with E-state index in [1.165, 1.54) is 0 Å². The summed E-state index contributed by atoms with van der Waals surface area (Å²) in [5, 5.41) is 0.949. The number of fused-ring (bicyclic) bond motifs is 5. The SMILES string of the molecule is CC[C@@]1(OCOP(=O)([O-])O)C(=O)OCc2c1cc1n(c2=O)Cc2cc3ccccc3nc2-1. The van der Waals surface area contributed by atoms with Gasteiger partial charge in [-0.1, -0.05) is 25.1 Å². The van der Waals surface area contributed by atoms with E-state index in [4.69, 9.17) is 19.4 Å². The number of benzene rings is 1. The van der Waals surface area contributed by atoms with Gasteiger partial charge in [0.1, 0.15) is 6.61 Å². The highest BCUT2D eigenvalue weighted by atomic mass is 31.2. The van der Waals surface area contributed by atoms with Crippen LogP contribution in [0.2, 0.25) is 0 Å². The highest BCUT2D eigenvalue weighted by Gasteiger charge is 2.48. The van der Waals surface area contributed by atoms with Crippen LogP contribution in [-0.2, 0) is 42.1 Å². The molecule has 10 nitrogen and oxygen atoms in total. The molecule has 2 aliphatic heterocycles. The van der Waals surface area contributed by atoms with E-state index in [2.05, 4.69) is 4.52 Å². The molecule has 2 aliphatic rings. The van der Waals surface area contributed by atoms with Crippen LogP contribution in [0.25, 0.3) is 22.3 Å². The van der Waals surface area contributed by atoms with Gasteiger partial charge in [0.2, 0.25) is 0 Å². The third-order valence-electron chi connectivity index (χ3n) is 5.91. The Morgan fingerprint density at radius 3 is 2.84 bits per heavy atom. The van der Waals surface area contributed by atoms with Gasteiger partial charge < -0.3 is 23.8 Å². The van der Waals surface area contributed by atoms with Gasteiger partial charge in [-0.15, -0.1) is 0 Å². The van der Waals surface area contributed by atoms with Gasteiger partial charge in [0.25, 0.3) is 13.4 Å². The maximum atomic E-state index is 13.3. The average Bonchev–Trinajstić information content (AvgIpc) is 3.11. The first-order valence-corrected chi connectivity index (χ1v) is 11.4. The largest absolute Gasteiger partial charge is 0.756 e. The Bertz CT molecular complexity index is 1380. The predicted octanol–water partition coefficient (Wildman–Crippen LogP) is 1.54. The standard InChI is InChI=1S/C21H19N2O8P/c1-2-21(30-11-31-32(26,27)28)15-8-17-18-13(7-12-5-3-4-6-16(12)22-18)9-23(17)19(24)14(15)10-29-20(21)25/h3-8H,2,9-11H2,1H3,(H2,26,27,28)/p-1/t21-/m0/s1. The quantitative estimate of drug-likeness (QED) is 0.268. The summed E-state index contributed by atoms with van der Waals surface area (Å²) in [6, 6.07) is 11.3. The molecular formula is C21H18N2O8P-. The molecule has 0 radical (unpaired) electrons. The Morgan fingerprint density at radius 1 is 1.31 bits per heavy atom. The van der Waals surface area contributed by atoms with Crippen molar-refractivity contribution in [2.75, 3.05) is 6.79 Å². The van der Waals surface area contributed by atoms with Crippen molar-refractivity contribution in [1.82, 2.24) is 9.55 Å². The van der Waals surface area contributed by atoms with Crippen molar-refractivity contribution >= 4 is 24.7 Å². The van der Waals surface area contributed by atoms with Crippen LogP contribution in [0.1, 0.15) is 30.0 Å². The molecule has 0 spiro atoms. The van der Waals surface area contributed by atoms with E-state index in [-0.39, 0.29) is 29.7 Å². The lowest BCUT2D eigenvalue weighted by atomic mass is 9.85. The fraction of sp³-hybridized carbons (Fsp3) is 0.286. The van der Waals surface area contributed by atoms with Gasteiger partial charge in [0, 0.05) is 16.5 Å². The molecule has 2 atom stereocenters. The minimum Gasteiger partial charge on any atom is -0.756 e. The van der Waals surface area contributed by atoms with Crippen LogP contribution >= 0.6 is 7.82 Å². The van der Waals surface area contributed by atoms with Crippen LogP contribution in [0.5, 0.6) is 0 Å². The summed E-state index contributed by atoms with van der Waals surface area (Å²) in [7, 11) is -5.07. The molecule has 2 aromatic heterocycles. The average molecular weight is 457 g/mol. The third-order valence-corrected chi connectivity index (χ3v) is 6.34. The summed E-state index contributed by atoms with van der Waals surface area (Å²) in [4.78, 5) is 50.6. The number of phosphoric acid groups is 1. The Balaban J connectivity index is 1.67. The Labute approximate surface area is 181 Å². The van der Waals surface area contributed by atoms with E-state index in [9.17, 15) is 19.0 Å². The molecule has 0 bridgehead atoms. The number of esters is 1. The molecule has 0 amide bonds. The van der Waals surface area contributed by atoms with Gasteiger partial charge in [0.15, 0.2) is 12.4 Å². The maximum Gasteiger partial charge on any atom is 0.343 e. The van der Waals surface area contributed by atoms with Crippen molar-refractivity contribution in [2.24, 2.45) is 0 Å². The number of cyclic esters (lactones) is 1. The fourth-order valence-electron chi connectivity index (χ4n) is 4.35. The van der Waals surface area contributed by atoms with Crippen LogP contribution in [0.4, 0.5) is 0 Å². The second-order valence-electron chi connectivity index (χ2n) is 7.62. The van der Waals surface area contributed by atoms with Crippen LogP contribution in [0.15, 0.2) is 41.2 Å². The van der Waals surface area contributed by atoms with Gasteiger partial charge in [-0.3, -0.25) is 13.9 Å². The Kier molecular flexibility index (Phi) is 4.81. The number of para-hydroxylation sites is 1. The van der Waals surface area contributed by atoms with Crippen molar-refractivity contribution in [3.05, 3.63) is 63.4 Å². The summed E-state index contributed by atoms with van der Waals surface area (Å²) in [5.41, 5.74) is 1.20. The summed E-state index contributed by atoms with van der Waals surface area (Å²) >= 11 is 0. The van der Waals surface area contributed by atoms with Crippen LogP contribution < -0.4 is 10.5 Å². The molecule has 5 rings (SSSR count). The van der Waals surface area contributed by atoms with Gasteiger partial charge in [0.05, 0.1) is 29.0 Å². The molecule has 0 saturated carbocycles. The molecule has 3 aromatic rings. The lowest BCUT2D eigenvalue weighted by Gasteiger charge is -2.36. The Morgan fingerprint density at radius 2 is 2.09 bits per heavy atom. The van der Waals surface area contributed by atoms with Gasteiger partial charge in [-0.25, -0.2) is 9.78 Å². The summed E-state index contributed by atoms with van der Waals surface area (Å²) in [6.45, 7) is 0.814. The molecule has 1 aromatic carbocycles. The molecule has 1 N–H and O–H groups in total. The van der Waals surface area contributed by atoms with Gasteiger partial charge in [-0.2, -0.15) is 0 Å². The number of carbonyl (C=O) groups is 1. The molecule has 0 fully saturated rings. The molecule has 0 aliphatic carbocycles. The van der Waals surface area contributed by atoms with Crippen molar-refractivity contribution in [1.29, 1.82) is 0 Å². The van der Waals surface area contributed by atoms with Gasteiger partial charge in [-0.05, 0) is 24.6 Å². The molecule has 11 heteroatoms. The second-order valence-corrected chi connectivity index (χ2v) is 8.81. The van der Waals surface area contributed by atoms with Crippen molar-refractivity contribution < 1.29 is 33.1 Å². The fourth-order valence-corrected chi connectivity index (χ4v) is 4.53. The number of hydrogen-bond acceptors (Lipinski definition) is 8. The molecule has 0 saturated heterocycles. The topological polar surface area (TPSA) is 140 Å². The normalized spacial score (nSPS) is 20.9. The van der Waals surface area contributed by atoms with Crippen molar-refractivity contribution in [2.45, 2.75) is 32.1 Å². The summed E-state index contributed by atoms with van der Waals surface area (Å²) in [6.07, 6.45) is 0.0394. The zero-order valence-corrected chi connectivity index (χ0v) is 17.8. The third kappa shape index (κ3) is 3.19. The second kappa shape index (κ2) is 7.33. The van der Waals surface area contributed by atoms with E-state index < -0.39 is 26.2 Å². The van der Waals surface area contributed by atoms with E-state index in [1.807, 2.05) is 30.3 Å². The summed E-state index contributed by atoms with van der Waals surface area (Å²) in [5.74, 6) is -0.774. The first-order chi connectivity index (χ1) is 15.2.